The van der Waals surface area contributed by atoms with Crippen LogP contribution in [0.2, 0.25) is 0 Å². The third kappa shape index (κ3) is 4.08. The van der Waals surface area contributed by atoms with Gasteiger partial charge >= 0.3 is 0 Å². The molecule has 0 atom stereocenters. The highest BCUT2D eigenvalue weighted by Crippen LogP contribution is 2.36. The fourth-order valence-electron chi connectivity index (χ4n) is 3.25. The van der Waals surface area contributed by atoms with Crippen molar-refractivity contribution in [2.75, 3.05) is 38.4 Å². The fraction of sp³-hybridized carbons (Fsp3) is 0.562. The molecule has 136 valence electrons. The number of fused-ring (bicyclic) bond motifs is 1. The van der Waals surface area contributed by atoms with E-state index in [4.69, 9.17) is 19.3 Å². The molecule has 0 saturated carbocycles. The normalized spacial score (nSPS) is 15.8. The minimum absolute atomic E-state index is 0.455. The first-order chi connectivity index (χ1) is 12.1. The summed E-state index contributed by atoms with van der Waals surface area (Å²) in [5, 5.41) is 9.76. The first-order valence-corrected chi connectivity index (χ1v) is 9.70. The van der Waals surface area contributed by atoms with E-state index < -0.39 is 8.38 Å². The van der Waals surface area contributed by atoms with Crippen LogP contribution in [-0.2, 0) is 0 Å². The molecule has 0 radical (unpaired) electrons. The fourth-order valence-corrected chi connectivity index (χ4v) is 3.85. The molecule has 1 aliphatic heterocycles. The maximum atomic E-state index is 9.11. The number of piperidine rings is 1. The Morgan fingerprint density at radius 3 is 2.64 bits per heavy atom. The molecule has 8 nitrogen and oxygen atoms in total. The van der Waals surface area contributed by atoms with Crippen LogP contribution in [0.5, 0.6) is 11.8 Å². The molecule has 25 heavy (non-hydrogen) atoms. The predicted molar refractivity (Wildman–Crippen MR) is 96.2 cm³/mol. The molecule has 0 unspecified atom stereocenters. The minimum Gasteiger partial charge on any atom is -0.481 e. The molecule has 2 aromatic heterocycles. The van der Waals surface area contributed by atoms with E-state index in [-0.39, 0.29) is 0 Å². The summed E-state index contributed by atoms with van der Waals surface area (Å²) in [6, 6.07) is 1.83. The van der Waals surface area contributed by atoms with Crippen LogP contribution in [0.15, 0.2) is 12.3 Å². The van der Waals surface area contributed by atoms with Crippen molar-refractivity contribution < 1.29 is 19.3 Å². The van der Waals surface area contributed by atoms with Crippen LogP contribution in [0, 0.1) is 5.92 Å². The van der Waals surface area contributed by atoms with Gasteiger partial charge < -0.3 is 24.2 Å². The molecular weight excluding hydrogens is 343 g/mol. The summed E-state index contributed by atoms with van der Waals surface area (Å²) in [7, 11) is 1.38. The highest BCUT2D eigenvalue weighted by Gasteiger charge is 2.24. The molecule has 0 aromatic carbocycles. The summed E-state index contributed by atoms with van der Waals surface area (Å²) in [5.41, 5.74) is 0. The molecule has 3 rings (SSSR count). The summed E-state index contributed by atoms with van der Waals surface area (Å²) in [5.74, 6) is 2.30. The van der Waals surface area contributed by atoms with Gasteiger partial charge in [0.25, 0.3) is 0 Å². The van der Waals surface area contributed by atoms with Crippen molar-refractivity contribution in [3.05, 3.63) is 12.3 Å². The standard InChI is InChI=1S/C16H23N4O4P/c1-23-13-9-12-10-17-19-16(24-2)14(12)15(18-13)20-6-3-11(4-7-20)5-8-25(21)22/h9-11,21-22H,3-8H2,1-2H3. The van der Waals surface area contributed by atoms with Crippen LogP contribution in [0.25, 0.3) is 10.8 Å². The molecular formula is C16H23N4O4P. The Morgan fingerprint density at radius 2 is 2.00 bits per heavy atom. The monoisotopic (exact) mass is 366 g/mol. The second-order valence-electron chi connectivity index (χ2n) is 6.12. The van der Waals surface area contributed by atoms with Crippen molar-refractivity contribution in [2.45, 2.75) is 19.3 Å². The van der Waals surface area contributed by atoms with Gasteiger partial charge in [-0.25, -0.2) is 0 Å². The zero-order valence-electron chi connectivity index (χ0n) is 14.4. The van der Waals surface area contributed by atoms with Gasteiger partial charge in [-0.15, -0.1) is 5.10 Å². The minimum atomic E-state index is -1.79. The van der Waals surface area contributed by atoms with Crippen LogP contribution in [0.4, 0.5) is 5.82 Å². The van der Waals surface area contributed by atoms with Crippen molar-refractivity contribution in [3.8, 4) is 11.8 Å². The Kier molecular flexibility index (Phi) is 5.83. The highest BCUT2D eigenvalue weighted by molar-refractivity contribution is 7.45. The van der Waals surface area contributed by atoms with E-state index in [0.29, 0.717) is 23.8 Å². The molecule has 0 bridgehead atoms. The predicted octanol–water partition coefficient (Wildman–Crippen LogP) is 1.94. The molecule has 9 heteroatoms. The Morgan fingerprint density at radius 1 is 1.24 bits per heavy atom. The van der Waals surface area contributed by atoms with Crippen LogP contribution in [0.1, 0.15) is 19.3 Å². The number of anilines is 1. The number of rotatable bonds is 6. The summed E-state index contributed by atoms with van der Waals surface area (Å²) in [6.07, 6.45) is 5.01. The molecule has 3 heterocycles. The third-order valence-corrected chi connectivity index (χ3v) is 5.28. The zero-order valence-corrected chi connectivity index (χ0v) is 15.3. The number of pyridine rings is 1. The lowest BCUT2D eigenvalue weighted by molar-refractivity contribution is 0.380. The molecule has 0 spiro atoms. The summed E-state index contributed by atoms with van der Waals surface area (Å²) >= 11 is 0. The number of methoxy groups -OCH3 is 2. The van der Waals surface area contributed by atoms with Gasteiger partial charge in [-0.3, -0.25) is 0 Å². The van der Waals surface area contributed by atoms with Gasteiger partial charge in [-0.1, -0.05) is 0 Å². The topological polar surface area (TPSA) is 101 Å². The Bertz CT molecular complexity index is 723. The van der Waals surface area contributed by atoms with Crippen LogP contribution >= 0.6 is 8.38 Å². The van der Waals surface area contributed by atoms with E-state index >= 15 is 0 Å². The summed E-state index contributed by atoms with van der Waals surface area (Å²) in [6.45, 7) is 1.69. The number of ether oxygens (including phenoxy) is 2. The molecule has 1 saturated heterocycles. The Balaban J connectivity index is 1.86. The molecule has 0 amide bonds. The molecule has 2 N–H and O–H groups in total. The maximum absolute atomic E-state index is 9.11. The van der Waals surface area contributed by atoms with Crippen molar-refractivity contribution in [3.63, 3.8) is 0 Å². The van der Waals surface area contributed by atoms with E-state index in [1.54, 1.807) is 20.4 Å². The van der Waals surface area contributed by atoms with E-state index in [0.717, 1.165) is 48.9 Å². The van der Waals surface area contributed by atoms with E-state index in [2.05, 4.69) is 20.1 Å². The lowest BCUT2D eigenvalue weighted by Gasteiger charge is -2.33. The summed E-state index contributed by atoms with van der Waals surface area (Å²) < 4.78 is 10.7. The molecule has 0 aliphatic carbocycles. The van der Waals surface area contributed by atoms with Crippen molar-refractivity contribution in [2.24, 2.45) is 5.92 Å². The van der Waals surface area contributed by atoms with Gasteiger partial charge in [0.05, 0.1) is 25.8 Å². The van der Waals surface area contributed by atoms with Crippen LogP contribution in [0.3, 0.4) is 0 Å². The lowest BCUT2D eigenvalue weighted by atomic mass is 9.94. The SMILES string of the molecule is COc1cc2cnnc(OC)c2c(N2CCC(CCP(O)O)CC2)n1. The summed E-state index contributed by atoms with van der Waals surface area (Å²) in [4.78, 5) is 25.1. The number of hydrogen-bond donors (Lipinski definition) is 2. The van der Waals surface area contributed by atoms with Gasteiger partial charge in [-0.05, 0) is 25.2 Å². The van der Waals surface area contributed by atoms with Crippen molar-refractivity contribution in [1.29, 1.82) is 0 Å². The van der Waals surface area contributed by atoms with E-state index in [1.165, 1.54) is 0 Å². The van der Waals surface area contributed by atoms with E-state index in [9.17, 15) is 0 Å². The van der Waals surface area contributed by atoms with Gasteiger partial charge in [-0.2, -0.15) is 10.1 Å². The van der Waals surface area contributed by atoms with Crippen molar-refractivity contribution >= 4 is 25.0 Å². The second kappa shape index (κ2) is 8.08. The maximum Gasteiger partial charge on any atom is 0.244 e. The molecule has 2 aromatic rings. The van der Waals surface area contributed by atoms with Gasteiger partial charge in [0.15, 0.2) is 8.38 Å². The highest BCUT2D eigenvalue weighted by atomic mass is 31.2. The average molecular weight is 366 g/mol. The first-order valence-electron chi connectivity index (χ1n) is 8.27. The smallest absolute Gasteiger partial charge is 0.244 e. The van der Waals surface area contributed by atoms with Gasteiger partial charge in [0.1, 0.15) is 5.82 Å². The van der Waals surface area contributed by atoms with Crippen LogP contribution < -0.4 is 14.4 Å². The number of nitrogens with zero attached hydrogens (tertiary/aromatic N) is 4. The first kappa shape index (κ1) is 18.0. The Labute approximate surface area is 147 Å². The third-order valence-electron chi connectivity index (χ3n) is 4.62. The van der Waals surface area contributed by atoms with Crippen LogP contribution in [-0.4, -0.2) is 58.4 Å². The Hall–Kier alpha value is -1.76. The lowest BCUT2D eigenvalue weighted by Crippen LogP contribution is -2.34. The average Bonchev–Trinajstić information content (AvgIpc) is 2.65. The zero-order chi connectivity index (χ0) is 17.8. The van der Waals surface area contributed by atoms with Gasteiger partial charge in [0.2, 0.25) is 11.8 Å². The largest absolute Gasteiger partial charge is 0.481 e. The number of hydrogen-bond acceptors (Lipinski definition) is 8. The number of aromatic nitrogens is 3. The molecule has 1 aliphatic rings. The van der Waals surface area contributed by atoms with Crippen molar-refractivity contribution in [1.82, 2.24) is 15.2 Å². The quantitative estimate of drug-likeness (QED) is 0.748. The second-order valence-corrected chi connectivity index (χ2v) is 7.31. The molecule has 1 fully saturated rings. The van der Waals surface area contributed by atoms with Gasteiger partial charge in [0, 0.05) is 30.7 Å². The van der Waals surface area contributed by atoms with E-state index in [1.807, 2.05) is 6.07 Å².